The summed E-state index contributed by atoms with van der Waals surface area (Å²) in [5, 5.41) is 21.9. The molecule has 0 aromatic heterocycles. The van der Waals surface area contributed by atoms with Crippen LogP contribution in [0.5, 0.6) is 0 Å². The molecule has 0 spiro atoms. The Hall–Kier alpha value is -1.27. The molecule has 0 fully saturated rings. The highest BCUT2D eigenvalue weighted by Gasteiger charge is 2.12. The van der Waals surface area contributed by atoms with Gasteiger partial charge in [-0.25, -0.2) is 0 Å². The predicted octanol–water partition coefficient (Wildman–Crippen LogP) is 1.29. The molecule has 1 aromatic rings. The van der Waals surface area contributed by atoms with Gasteiger partial charge in [0.2, 0.25) is 0 Å². The number of aliphatic hydroxyl groups is 1. The molecule has 2 N–H and O–H groups in total. The molecule has 0 atom stereocenters. The summed E-state index contributed by atoms with van der Waals surface area (Å²) in [6.45, 7) is 0.215. The summed E-state index contributed by atoms with van der Waals surface area (Å²) in [4.78, 5) is 10.7. The van der Waals surface area contributed by atoms with Gasteiger partial charge in [0.25, 0.3) is 5.69 Å². The Morgan fingerprint density at radius 3 is 2.86 bits per heavy atom. The molecule has 0 saturated heterocycles. The molecule has 0 aliphatic rings. The minimum Gasteiger partial charge on any atom is -0.395 e. The van der Waals surface area contributed by atoms with Crippen molar-refractivity contribution >= 4 is 24.0 Å². The molecule has 1 rings (SSSR count). The zero-order valence-electron chi connectivity index (χ0n) is 7.30. The number of hydrogen-bond acceptors (Lipinski definition) is 5. The number of benzene rings is 1. The van der Waals surface area contributed by atoms with Gasteiger partial charge in [0, 0.05) is 17.5 Å². The second kappa shape index (κ2) is 4.83. The lowest BCUT2D eigenvalue weighted by molar-refractivity contribution is -0.384. The molecule has 76 valence electrons. The average Bonchev–Trinajstić information content (AvgIpc) is 2.15. The van der Waals surface area contributed by atoms with Crippen molar-refractivity contribution in [2.24, 2.45) is 0 Å². The summed E-state index contributed by atoms with van der Waals surface area (Å²) < 4.78 is 0. The highest BCUT2D eigenvalue weighted by atomic mass is 32.1. The van der Waals surface area contributed by atoms with E-state index < -0.39 is 4.92 Å². The van der Waals surface area contributed by atoms with Crippen molar-refractivity contribution < 1.29 is 10.0 Å². The highest BCUT2D eigenvalue weighted by molar-refractivity contribution is 7.80. The number of nitrogens with one attached hydrogen (secondary N) is 1. The zero-order valence-corrected chi connectivity index (χ0v) is 8.20. The summed E-state index contributed by atoms with van der Waals surface area (Å²) in [5.74, 6) is 0. The number of rotatable bonds is 4. The normalized spacial score (nSPS) is 9.86. The van der Waals surface area contributed by atoms with E-state index in [0.29, 0.717) is 10.6 Å². The number of aliphatic hydroxyl groups excluding tert-OH is 1. The molecule has 0 unspecified atom stereocenters. The largest absolute Gasteiger partial charge is 0.395 e. The van der Waals surface area contributed by atoms with Crippen molar-refractivity contribution in [3.8, 4) is 0 Å². The first-order chi connectivity index (χ1) is 6.65. The molecule has 6 heteroatoms. The lowest BCUT2D eigenvalue weighted by Gasteiger charge is -2.05. The van der Waals surface area contributed by atoms with Crippen molar-refractivity contribution in [1.82, 2.24) is 0 Å². The van der Waals surface area contributed by atoms with Crippen LogP contribution in [0, 0.1) is 10.1 Å². The van der Waals surface area contributed by atoms with Gasteiger partial charge in [0.05, 0.1) is 11.5 Å². The van der Waals surface area contributed by atoms with Crippen LogP contribution in [0.25, 0.3) is 0 Å². The van der Waals surface area contributed by atoms with Gasteiger partial charge in [-0.05, 0) is 12.1 Å². The highest BCUT2D eigenvalue weighted by Crippen LogP contribution is 2.26. The summed E-state index contributed by atoms with van der Waals surface area (Å²) in [6.07, 6.45) is 0. The molecule has 0 saturated carbocycles. The van der Waals surface area contributed by atoms with Crippen LogP contribution >= 0.6 is 12.6 Å². The minimum atomic E-state index is -0.487. The molecule has 5 nitrogen and oxygen atoms in total. The van der Waals surface area contributed by atoms with Gasteiger partial charge in [-0.2, -0.15) is 0 Å². The molecule has 0 amide bonds. The number of nitrogens with zero attached hydrogens (tertiary/aromatic N) is 1. The maximum absolute atomic E-state index is 10.6. The second-order valence-electron chi connectivity index (χ2n) is 2.61. The molecular formula is C8H10N2O3S. The van der Waals surface area contributed by atoms with Crippen molar-refractivity contribution in [1.29, 1.82) is 0 Å². The fourth-order valence-corrected chi connectivity index (χ4v) is 1.21. The quantitative estimate of drug-likeness (QED) is 0.401. The Morgan fingerprint density at radius 1 is 1.57 bits per heavy atom. The van der Waals surface area contributed by atoms with E-state index in [1.165, 1.54) is 6.07 Å². The zero-order chi connectivity index (χ0) is 10.6. The van der Waals surface area contributed by atoms with Gasteiger partial charge in [-0.15, -0.1) is 12.6 Å². The first kappa shape index (κ1) is 10.8. The topological polar surface area (TPSA) is 75.4 Å². The average molecular weight is 214 g/mol. The number of nitro benzene ring substituents is 1. The summed E-state index contributed by atoms with van der Waals surface area (Å²) in [7, 11) is 0. The van der Waals surface area contributed by atoms with Crippen LogP contribution in [0.1, 0.15) is 0 Å². The van der Waals surface area contributed by atoms with Crippen LogP contribution in [0.3, 0.4) is 0 Å². The Morgan fingerprint density at radius 2 is 2.29 bits per heavy atom. The van der Waals surface area contributed by atoms with Crippen molar-refractivity contribution in [2.75, 3.05) is 18.5 Å². The van der Waals surface area contributed by atoms with E-state index in [1.807, 2.05) is 0 Å². The third kappa shape index (κ3) is 2.61. The van der Waals surface area contributed by atoms with Crippen LogP contribution < -0.4 is 5.32 Å². The number of anilines is 1. The first-order valence-electron chi connectivity index (χ1n) is 3.97. The van der Waals surface area contributed by atoms with E-state index in [4.69, 9.17) is 5.11 Å². The standard InChI is InChI=1S/C8H10N2O3S/c11-4-3-9-7-2-1-6(14)5-8(7)10(12)13/h1-2,5,9,11,14H,3-4H2. The first-order valence-corrected chi connectivity index (χ1v) is 4.42. The van der Waals surface area contributed by atoms with Crippen LogP contribution in [0.15, 0.2) is 23.1 Å². The maximum atomic E-state index is 10.6. The molecule has 0 aliphatic carbocycles. The third-order valence-corrected chi connectivity index (χ3v) is 1.88. The van der Waals surface area contributed by atoms with E-state index in [2.05, 4.69) is 17.9 Å². The monoisotopic (exact) mass is 214 g/mol. The van der Waals surface area contributed by atoms with Gasteiger partial charge in [-0.3, -0.25) is 10.1 Å². The number of thiol groups is 1. The third-order valence-electron chi connectivity index (χ3n) is 1.61. The Bertz CT molecular complexity index is 343. The fourth-order valence-electron chi connectivity index (χ4n) is 1.01. The van der Waals surface area contributed by atoms with Gasteiger partial charge in [0.1, 0.15) is 5.69 Å². The van der Waals surface area contributed by atoms with Crippen LogP contribution in [-0.2, 0) is 0 Å². The van der Waals surface area contributed by atoms with E-state index >= 15 is 0 Å². The molecule has 0 radical (unpaired) electrons. The Balaban J connectivity index is 2.96. The predicted molar refractivity (Wildman–Crippen MR) is 55.9 cm³/mol. The van der Waals surface area contributed by atoms with Gasteiger partial charge in [0.15, 0.2) is 0 Å². The fraction of sp³-hybridized carbons (Fsp3) is 0.250. The van der Waals surface area contributed by atoms with Gasteiger partial charge >= 0.3 is 0 Å². The van der Waals surface area contributed by atoms with Crippen LogP contribution in [0.2, 0.25) is 0 Å². The van der Waals surface area contributed by atoms with Crippen molar-refractivity contribution in [2.45, 2.75) is 4.90 Å². The van der Waals surface area contributed by atoms with Crippen molar-refractivity contribution in [3.63, 3.8) is 0 Å². The summed E-state index contributed by atoms with van der Waals surface area (Å²) in [5.41, 5.74) is 0.354. The van der Waals surface area contributed by atoms with Gasteiger partial charge < -0.3 is 10.4 Å². The lowest BCUT2D eigenvalue weighted by Crippen LogP contribution is -2.07. The summed E-state index contributed by atoms with van der Waals surface area (Å²) in [6, 6.07) is 4.58. The summed E-state index contributed by atoms with van der Waals surface area (Å²) >= 11 is 4.01. The van der Waals surface area contributed by atoms with Crippen LogP contribution in [0.4, 0.5) is 11.4 Å². The molecule has 0 heterocycles. The van der Waals surface area contributed by atoms with Gasteiger partial charge in [-0.1, -0.05) is 0 Å². The van der Waals surface area contributed by atoms with E-state index in [1.54, 1.807) is 12.1 Å². The van der Waals surface area contributed by atoms with E-state index in [0.717, 1.165) is 0 Å². The van der Waals surface area contributed by atoms with E-state index in [-0.39, 0.29) is 18.8 Å². The SMILES string of the molecule is O=[N+]([O-])c1cc(S)ccc1NCCO. The maximum Gasteiger partial charge on any atom is 0.293 e. The number of nitro groups is 1. The molecule has 14 heavy (non-hydrogen) atoms. The second-order valence-corrected chi connectivity index (χ2v) is 3.13. The minimum absolute atomic E-state index is 0.0362. The molecular weight excluding hydrogens is 204 g/mol. The van der Waals surface area contributed by atoms with E-state index in [9.17, 15) is 10.1 Å². The van der Waals surface area contributed by atoms with Crippen LogP contribution in [-0.4, -0.2) is 23.2 Å². The smallest absolute Gasteiger partial charge is 0.293 e. The Labute approximate surface area is 86.3 Å². The molecule has 0 bridgehead atoms. The molecule has 0 aliphatic heterocycles. The Kier molecular flexibility index (Phi) is 3.73. The number of hydrogen-bond donors (Lipinski definition) is 3. The molecule has 1 aromatic carbocycles. The van der Waals surface area contributed by atoms with Crippen molar-refractivity contribution in [3.05, 3.63) is 28.3 Å². The lowest BCUT2D eigenvalue weighted by atomic mass is 10.2.